The first-order chi connectivity index (χ1) is 1.73. The van der Waals surface area contributed by atoms with E-state index in [9.17, 15) is 0 Å². The van der Waals surface area contributed by atoms with Crippen molar-refractivity contribution in [2.75, 3.05) is 0 Å². The van der Waals surface area contributed by atoms with Gasteiger partial charge in [0.25, 0.3) is 0 Å². The van der Waals surface area contributed by atoms with Gasteiger partial charge in [0.1, 0.15) is 0 Å². The van der Waals surface area contributed by atoms with Gasteiger partial charge in [0, 0.05) is 38.2 Å². The molecule has 0 radical (unpaired) electrons. The second kappa shape index (κ2) is 9.94. The second-order valence-corrected chi connectivity index (χ2v) is 0.346. The zero-order chi connectivity index (χ0) is 3.58. The molecule has 6 heteroatoms. The van der Waals surface area contributed by atoms with Crippen molar-refractivity contribution in [1.82, 2.24) is 0 Å². The van der Waals surface area contributed by atoms with Crippen molar-refractivity contribution < 1.29 is 73.5 Å². The molecule has 3 nitrogen and oxygen atoms in total. The molecular formula is H4BDyLiO3. The fourth-order valence-corrected chi connectivity index (χ4v) is 0. The average Bonchev–Trinajstić information content (AvgIpc) is 0.811. The fraction of sp³-hybridized carbons (Fsp3) is 0. The molecule has 0 fully saturated rings. The molecule has 0 saturated carbocycles. The van der Waals surface area contributed by atoms with Crippen molar-refractivity contribution in [3.63, 3.8) is 0 Å². The summed E-state index contributed by atoms with van der Waals surface area (Å²) in [5.41, 5.74) is 0. The molecule has 0 saturated heterocycles. The van der Waals surface area contributed by atoms with Crippen LogP contribution in [0, 0.1) is 38.2 Å². The smallest absolute Gasteiger partial charge is 1.00 e. The summed E-state index contributed by atoms with van der Waals surface area (Å²) in [5, 5.41) is 21.5. The summed E-state index contributed by atoms with van der Waals surface area (Å²) in [7, 11) is -2.17. The van der Waals surface area contributed by atoms with Gasteiger partial charge in [0.05, 0.1) is 0 Å². The standard InChI is InChI=1S/BH3O3.Dy.Li.H/c2-1(3)4;;;/h2-4H;;;/q;;+1;-1. The van der Waals surface area contributed by atoms with Crippen LogP contribution in [0.15, 0.2) is 0 Å². The van der Waals surface area contributed by atoms with E-state index in [1.165, 1.54) is 0 Å². The molecule has 0 aliphatic heterocycles. The van der Waals surface area contributed by atoms with E-state index in [-0.39, 0.29) is 58.5 Å². The van der Waals surface area contributed by atoms with Gasteiger partial charge in [0.2, 0.25) is 0 Å². The molecule has 36 valence electrons. The Hall–Kier alpha value is 1.82. The summed E-state index contributed by atoms with van der Waals surface area (Å²) in [5.74, 6) is 0. The maximum atomic E-state index is 7.17. The van der Waals surface area contributed by atoms with Crippen molar-refractivity contribution in [3.05, 3.63) is 0 Å². The molecule has 0 aliphatic rings. The second-order valence-electron chi connectivity index (χ2n) is 0.346. The molecule has 0 aromatic rings. The van der Waals surface area contributed by atoms with Crippen LogP contribution < -0.4 is 18.9 Å². The van der Waals surface area contributed by atoms with Crippen LogP contribution in [0.4, 0.5) is 0 Å². The van der Waals surface area contributed by atoms with Gasteiger partial charge < -0.3 is 16.5 Å². The van der Waals surface area contributed by atoms with Crippen LogP contribution in [0.2, 0.25) is 0 Å². The normalized spacial score (nSPS) is 4.50. The molecule has 0 unspecified atom stereocenters. The summed E-state index contributed by atoms with van der Waals surface area (Å²) in [6, 6.07) is 0. The van der Waals surface area contributed by atoms with Crippen molar-refractivity contribution in [3.8, 4) is 0 Å². The van der Waals surface area contributed by atoms with Crippen LogP contribution in [0.25, 0.3) is 0 Å². The van der Waals surface area contributed by atoms with Gasteiger partial charge in [-0.3, -0.25) is 0 Å². The van der Waals surface area contributed by atoms with E-state index in [0.29, 0.717) is 0 Å². The molecule has 0 heterocycles. The summed E-state index contributed by atoms with van der Waals surface area (Å²) in [6.45, 7) is 0. The molecule has 0 aliphatic carbocycles. The van der Waals surface area contributed by atoms with Crippen LogP contribution in [0.1, 0.15) is 1.43 Å². The Kier molecular flexibility index (Phi) is 25.9. The van der Waals surface area contributed by atoms with Gasteiger partial charge in [-0.05, 0) is 0 Å². The minimum absolute atomic E-state index is 0. The summed E-state index contributed by atoms with van der Waals surface area (Å²) >= 11 is 0. The molecular weight excluding hydrogens is 228 g/mol. The third-order valence-electron chi connectivity index (χ3n) is 0. The molecule has 0 aromatic heterocycles. The Balaban J connectivity index is -0.0000000150. The largest absolute Gasteiger partial charge is 1.00 e. The Morgan fingerprint density at radius 1 is 1.17 bits per heavy atom. The van der Waals surface area contributed by atoms with E-state index in [1.807, 2.05) is 0 Å². The number of hydrogen-bond donors (Lipinski definition) is 3. The monoisotopic (exact) mass is 234 g/mol. The Bertz CT molecular complexity index is 19.7. The quantitative estimate of drug-likeness (QED) is 0.367. The van der Waals surface area contributed by atoms with Crippen molar-refractivity contribution >= 4 is 7.32 Å². The third-order valence-corrected chi connectivity index (χ3v) is 0. The van der Waals surface area contributed by atoms with Crippen molar-refractivity contribution in [2.24, 2.45) is 0 Å². The van der Waals surface area contributed by atoms with Crippen LogP contribution in [-0.4, -0.2) is 22.4 Å². The Morgan fingerprint density at radius 3 is 1.17 bits per heavy atom. The zero-order valence-electron chi connectivity index (χ0n) is 4.24. The summed E-state index contributed by atoms with van der Waals surface area (Å²) in [6.07, 6.45) is 0. The maximum absolute atomic E-state index is 7.17. The molecule has 0 aromatic carbocycles. The van der Waals surface area contributed by atoms with Crippen LogP contribution >= 0.6 is 0 Å². The van der Waals surface area contributed by atoms with E-state index >= 15 is 0 Å². The molecule has 3 N–H and O–H groups in total. The van der Waals surface area contributed by atoms with Crippen LogP contribution in [0.5, 0.6) is 0 Å². The van der Waals surface area contributed by atoms with Gasteiger partial charge >= 0.3 is 26.2 Å². The number of rotatable bonds is 0. The van der Waals surface area contributed by atoms with E-state index in [1.54, 1.807) is 0 Å². The van der Waals surface area contributed by atoms with Gasteiger partial charge in [-0.2, -0.15) is 0 Å². The topological polar surface area (TPSA) is 60.7 Å². The molecule has 0 spiro atoms. The molecule has 0 bridgehead atoms. The van der Waals surface area contributed by atoms with Gasteiger partial charge in [-0.25, -0.2) is 0 Å². The van der Waals surface area contributed by atoms with E-state index in [4.69, 9.17) is 15.1 Å². The predicted molar refractivity (Wildman–Crippen MR) is 13.5 cm³/mol. The van der Waals surface area contributed by atoms with Crippen molar-refractivity contribution in [2.45, 2.75) is 0 Å². The molecule has 0 atom stereocenters. The van der Waals surface area contributed by atoms with Crippen molar-refractivity contribution in [1.29, 1.82) is 0 Å². The van der Waals surface area contributed by atoms with E-state index < -0.39 is 7.32 Å². The van der Waals surface area contributed by atoms with Crippen LogP contribution in [-0.2, 0) is 0 Å². The molecule has 0 amide bonds. The summed E-state index contributed by atoms with van der Waals surface area (Å²) in [4.78, 5) is 0. The molecule has 6 heavy (non-hydrogen) atoms. The van der Waals surface area contributed by atoms with Gasteiger partial charge in [0.15, 0.2) is 0 Å². The Labute approximate surface area is 80.0 Å². The summed E-state index contributed by atoms with van der Waals surface area (Å²) < 4.78 is 0. The van der Waals surface area contributed by atoms with Gasteiger partial charge in [-0.1, -0.05) is 0 Å². The first-order valence-corrected chi connectivity index (χ1v) is 0.775. The maximum Gasteiger partial charge on any atom is 1.00 e. The number of hydrogen-bond acceptors (Lipinski definition) is 3. The Morgan fingerprint density at radius 2 is 1.17 bits per heavy atom. The zero-order valence-corrected chi connectivity index (χ0v) is 5.26. The van der Waals surface area contributed by atoms with Gasteiger partial charge in [-0.15, -0.1) is 0 Å². The van der Waals surface area contributed by atoms with E-state index in [2.05, 4.69) is 0 Å². The minimum Gasteiger partial charge on any atom is -1.00 e. The molecule has 0 rings (SSSR count). The SMILES string of the molecule is OB(O)O.[Dy].[H-].[Li+]. The third kappa shape index (κ3) is 40.9. The van der Waals surface area contributed by atoms with E-state index in [0.717, 1.165) is 0 Å². The fourth-order valence-electron chi connectivity index (χ4n) is 0. The minimum atomic E-state index is -2.17. The first-order valence-electron chi connectivity index (χ1n) is 0.775. The predicted octanol–water partition coefficient (Wildman–Crippen LogP) is -4.94. The first kappa shape index (κ1) is 15.7. The average molecular weight is 232 g/mol. The van der Waals surface area contributed by atoms with Crippen LogP contribution in [0.3, 0.4) is 0 Å².